The number of nitrogens with one attached hydrogen (secondary N) is 1. The Morgan fingerprint density at radius 1 is 1.47 bits per heavy atom. The van der Waals surface area contributed by atoms with Crippen molar-refractivity contribution in [1.82, 2.24) is 10.3 Å². The van der Waals surface area contributed by atoms with Gasteiger partial charge in [-0.25, -0.2) is 4.98 Å². The van der Waals surface area contributed by atoms with Gasteiger partial charge in [-0.1, -0.05) is 20.8 Å². The molecular weight excluding hydrogens is 232 g/mol. The molecule has 0 saturated carbocycles. The van der Waals surface area contributed by atoms with Crippen LogP contribution in [-0.2, 0) is 10.3 Å². The second-order valence-electron chi connectivity index (χ2n) is 4.84. The predicted molar refractivity (Wildman–Crippen MR) is 73.7 cm³/mol. The molecule has 0 radical (unpaired) electrons. The molecular formula is C13H24N2OS. The Morgan fingerprint density at radius 2 is 2.12 bits per heavy atom. The van der Waals surface area contributed by atoms with Gasteiger partial charge in [0.05, 0.1) is 17.3 Å². The van der Waals surface area contributed by atoms with E-state index in [4.69, 9.17) is 9.72 Å². The Balaban J connectivity index is 3.04. The highest BCUT2D eigenvalue weighted by molar-refractivity contribution is 7.09. The van der Waals surface area contributed by atoms with Crippen LogP contribution in [0.4, 0.5) is 0 Å². The first-order chi connectivity index (χ1) is 7.95. The zero-order valence-electron chi connectivity index (χ0n) is 11.7. The third-order valence-electron chi connectivity index (χ3n) is 3.27. The maximum Gasteiger partial charge on any atom is 0.115 e. The lowest BCUT2D eigenvalue weighted by Crippen LogP contribution is -2.48. The summed E-state index contributed by atoms with van der Waals surface area (Å²) in [5.74, 6) is 0.476. The van der Waals surface area contributed by atoms with Crippen molar-refractivity contribution in [1.29, 1.82) is 0 Å². The number of likely N-dealkylation sites (N-methyl/N-ethyl adjacent to an activating group) is 1. The summed E-state index contributed by atoms with van der Waals surface area (Å²) in [7, 11) is 1.75. The summed E-state index contributed by atoms with van der Waals surface area (Å²) in [6, 6.07) is 0. The van der Waals surface area contributed by atoms with Crippen molar-refractivity contribution in [3.05, 3.63) is 16.1 Å². The molecule has 0 aliphatic heterocycles. The average molecular weight is 256 g/mol. The number of ether oxygens (including phenoxy) is 1. The van der Waals surface area contributed by atoms with Crippen LogP contribution in [0.2, 0.25) is 0 Å². The maximum absolute atomic E-state index is 5.50. The van der Waals surface area contributed by atoms with E-state index in [2.05, 4.69) is 45.3 Å². The van der Waals surface area contributed by atoms with E-state index in [0.29, 0.717) is 5.92 Å². The largest absolute Gasteiger partial charge is 0.379 e. The fourth-order valence-corrected chi connectivity index (χ4v) is 2.98. The van der Waals surface area contributed by atoms with Crippen molar-refractivity contribution in [2.45, 2.75) is 52.2 Å². The number of aromatic nitrogens is 1. The summed E-state index contributed by atoms with van der Waals surface area (Å²) in [6.45, 7) is 11.6. The fraction of sp³-hybridized carbons (Fsp3) is 0.769. The van der Waals surface area contributed by atoms with Gasteiger partial charge in [0.25, 0.3) is 0 Å². The van der Waals surface area contributed by atoms with Crippen molar-refractivity contribution in [3.63, 3.8) is 0 Å². The van der Waals surface area contributed by atoms with Gasteiger partial charge in [0.2, 0.25) is 0 Å². The lowest BCUT2D eigenvalue weighted by atomic mass is 9.96. The Kier molecular flexibility index (Phi) is 5.10. The maximum atomic E-state index is 5.50. The van der Waals surface area contributed by atoms with Crippen LogP contribution in [0.1, 0.15) is 51.2 Å². The molecule has 2 atom stereocenters. The molecule has 17 heavy (non-hydrogen) atoms. The highest BCUT2D eigenvalue weighted by atomic mass is 32.1. The molecule has 0 saturated heterocycles. The zero-order valence-corrected chi connectivity index (χ0v) is 12.5. The molecule has 98 valence electrons. The molecule has 0 amide bonds. The van der Waals surface area contributed by atoms with E-state index in [9.17, 15) is 0 Å². The van der Waals surface area contributed by atoms with Crippen LogP contribution in [-0.4, -0.2) is 24.7 Å². The molecule has 4 heteroatoms. The van der Waals surface area contributed by atoms with E-state index in [1.165, 1.54) is 0 Å². The van der Waals surface area contributed by atoms with Gasteiger partial charge in [0.15, 0.2) is 0 Å². The number of hydrogen-bond donors (Lipinski definition) is 1. The summed E-state index contributed by atoms with van der Waals surface area (Å²) >= 11 is 1.71. The molecule has 0 aliphatic rings. The standard InChI is InChI=1S/C13H24N2OS/c1-7-14-13(5,10(4)16-6)12-15-11(8-17-12)9(2)3/h8-10,14H,7H2,1-6H3. The minimum Gasteiger partial charge on any atom is -0.379 e. The van der Waals surface area contributed by atoms with Crippen molar-refractivity contribution < 1.29 is 4.74 Å². The molecule has 3 nitrogen and oxygen atoms in total. The molecule has 1 rings (SSSR count). The number of nitrogens with zero attached hydrogens (tertiary/aromatic N) is 1. The van der Waals surface area contributed by atoms with Gasteiger partial charge < -0.3 is 10.1 Å². The molecule has 0 bridgehead atoms. The summed E-state index contributed by atoms with van der Waals surface area (Å²) in [5.41, 5.74) is 0.957. The zero-order chi connectivity index (χ0) is 13.1. The number of thiazole rings is 1. The van der Waals surface area contributed by atoms with Gasteiger partial charge in [-0.3, -0.25) is 0 Å². The highest BCUT2D eigenvalue weighted by Crippen LogP contribution is 2.31. The molecule has 0 aromatic carbocycles. The topological polar surface area (TPSA) is 34.2 Å². The van der Waals surface area contributed by atoms with E-state index in [0.717, 1.165) is 17.2 Å². The second kappa shape index (κ2) is 5.94. The van der Waals surface area contributed by atoms with Gasteiger partial charge in [0.1, 0.15) is 5.01 Å². The van der Waals surface area contributed by atoms with Crippen molar-refractivity contribution >= 4 is 11.3 Å². The number of rotatable bonds is 6. The Morgan fingerprint density at radius 3 is 2.53 bits per heavy atom. The lowest BCUT2D eigenvalue weighted by molar-refractivity contribution is 0.0369. The molecule has 0 fully saturated rings. The van der Waals surface area contributed by atoms with Crippen LogP contribution in [0, 0.1) is 0 Å². The summed E-state index contributed by atoms with van der Waals surface area (Å²) in [4.78, 5) is 4.75. The van der Waals surface area contributed by atoms with Gasteiger partial charge in [-0.15, -0.1) is 11.3 Å². The van der Waals surface area contributed by atoms with Gasteiger partial charge >= 0.3 is 0 Å². The van der Waals surface area contributed by atoms with Crippen LogP contribution in [0.25, 0.3) is 0 Å². The Hall–Kier alpha value is -0.450. The van der Waals surface area contributed by atoms with Crippen molar-refractivity contribution in [3.8, 4) is 0 Å². The second-order valence-corrected chi connectivity index (χ2v) is 5.70. The number of methoxy groups -OCH3 is 1. The number of hydrogen-bond acceptors (Lipinski definition) is 4. The van der Waals surface area contributed by atoms with Crippen molar-refractivity contribution in [2.75, 3.05) is 13.7 Å². The van der Waals surface area contributed by atoms with E-state index >= 15 is 0 Å². The van der Waals surface area contributed by atoms with E-state index in [1.807, 2.05) is 0 Å². The summed E-state index contributed by atoms with van der Waals surface area (Å²) in [6.07, 6.45) is 0.0913. The van der Waals surface area contributed by atoms with Crippen molar-refractivity contribution in [2.24, 2.45) is 0 Å². The molecule has 1 N–H and O–H groups in total. The Bertz CT molecular complexity index is 351. The fourth-order valence-electron chi connectivity index (χ4n) is 1.79. The molecule has 0 spiro atoms. The van der Waals surface area contributed by atoms with Gasteiger partial charge in [0, 0.05) is 12.5 Å². The third kappa shape index (κ3) is 3.06. The van der Waals surface area contributed by atoms with Crippen LogP contribution in [0.5, 0.6) is 0 Å². The third-order valence-corrected chi connectivity index (χ3v) is 4.37. The Labute approximate surface area is 109 Å². The van der Waals surface area contributed by atoms with E-state index in [1.54, 1.807) is 18.4 Å². The van der Waals surface area contributed by atoms with Gasteiger partial charge in [-0.05, 0) is 26.3 Å². The first-order valence-corrected chi connectivity index (χ1v) is 7.07. The summed E-state index contributed by atoms with van der Waals surface area (Å²) in [5, 5.41) is 6.76. The van der Waals surface area contributed by atoms with Gasteiger partial charge in [-0.2, -0.15) is 0 Å². The minimum atomic E-state index is -0.207. The van der Waals surface area contributed by atoms with Crippen LogP contribution < -0.4 is 5.32 Å². The smallest absolute Gasteiger partial charge is 0.115 e. The molecule has 1 heterocycles. The predicted octanol–water partition coefficient (Wildman–Crippen LogP) is 3.13. The molecule has 2 unspecified atom stereocenters. The first kappa shape index (κ1) is 14.6. The SMILES string of the molecule is CCNC(C)(c1nc(C(C)C)cs1)C(C)OC. The van der Waals surface area contributed by atoms with Crippen LogP contribution >= 0.6 is 11.3 Å². The van der Waals surface area contributed by atoms with Crippen LogP contribution in [0.15, 0.2) is 5.38 Å². The quantitative estimate of drug-likeness (QED) is 0.849. The van der Waals surface area contributed by atoms with E-state index < -0.39 is 0 Å². The molecule has 1 aromatic rings. The average Bonchev–Trinajstić information content (AvgIpc) is 2.77. The normalized spacial score (nSPS) is 17.1. The molecule has 1 aromatic heterocycles. The van der Waals surface area contributed by atoms with Crippen LogP contribution in [0.3, 0.4) is 0 Å². The van der Waals surface area contributed by atoms with E-state index in [-0.39, 0.29) is 11.6 Å². The molecule has 0 aliphatic carbocycles. The summed E-state index contributed by atoms with van der Waals surface area (Å²) < 4.78 is 5.50. The highest BCUT2D eigenvalue weighted by Gasteiger charge is 2.35. The monoisotopic (exact) mass is 256 g/mol. The lowest BCUT2D eigenvalue weighted by Gasteiger charge is -2.33. The first-order valence-electron chi connectivity index (χ1n) is 6.19. The minimum absolute atomic E-state index is 0.0913.